The van der Waals surface area contributed by atoms with Crippen LogP contribution in [0.25, 0.3) is 11.2 Å². The Balaban J connectivity index is 0.000000201. The first-order chi connectivity index (χ1) is 19.6. The minimum atomic E-state index is -4.64. The summed E-state index contributed by atoms with van der Waals surface area (Å²) in [6.07, 6.45) is -6.48. The summed E-state index contributed by atoms with van der Waals surface area (Å²) in [5.41, 5.74) is 9.75. The second-order valence-corrected chi connectivity index (χ2v) is 9.82. The Morgan fingerprint density at radius 1 is 0.881 bits per heavy atom. The first-order valence-corrected chi connectivity index (χ1v) is 13.2. The van der Waals surface area contributed by atoms with Gasteiger partial charge in [-0.2, -0.15) is 9.97 Å². The van der Waals surface area contributed by atoms with Gasteiger partial charge in [-0.25, -0.2) is 14.3 Å². The highest BCUT2D eigenvalue weighted by Gasteiger charge is 2.44. The number of H-pyrrole nitrogens is 1. The van der Waals surface area contributed by atoms with Crippen LogP contribution in [0, 0.1) is 0 Å². The number of ether oxygens (including phenoxy) is 2. The second-order valence-electron chi connectivity index (χ2n) is 8.79. The predicted molar refractivity (Wildman–Crippen MR) is 136 cm³/mol. The molecule has 0 aromatic carbocycles. The molecule has 3 aromatic heterocycles. The van der Waals surface area contributed by atoms with E-state index in [9.17, 15) is 30.0 Å². The van der Waals surface area contributed by atoms with Gasteiger partial charge in [-0.15, -0.1) is 0 Å². The second kappa shape index (κ2) is 13.3. The Hall–Kier alpha value is -3.38. The standard InChI is InChI=1S/C10H13N5O5.C9H13N3O5.H3O4P/c11-10-13-7-4(8(19)14-10)12-2-15(7)9-6(18)5(17)3(1-16)20-9;10-5-1-2-12(9(16)11-5)8-7(15)6(14)4(3-13)17-8;1-5(2,3)4/h2-3,5-6,9,16-18H,1H2,(H3,11,13,14,19);1-2,4,6-8,13-15H,3H2,(H2,10,11,16);(H3,1,2,3,4)/t3-,5-,6-,9-;4-,6-,7-,8-;/m11./s1. The van der Waals surface area contributed by atoms with Gasteiger partial charge in [-0.1, -0.05) is 0 Å². The van der Waals surface area contributed by atoms with Crippen molar-refractivity contribution in [2.75, 3.05) is 24.7 Å². The molecule has 5 rings (SSSR count). The highest BCUT2D eigenvalue weighted by Crippen LogP contribution is 2.31. The number of aromatic amines is 1. The van der Waals surface area contributed by atoms with Crippen molar-refractivity contribution < 1.29 is 59.4 Å². The first kappa shape index (κ1) is 33.1. The summed E-state index contributed by atoms with van der Waals surface area (Å²) in [6.45, 7) is -0.899. The van der Waals surface area contributed by atoms with Crippen molar-refractivity contribution in [1.82, 2.24) is 29.1 Å². The van der Waals surface area contributed by atoms with Crippen molar-refractivity contribution in [2.24, 2.45) is 0 Å². The summed E-state index contributed by atoms with van der Waals surface area (Å²) in [7, 11) is -4.64. The molecule has 23 heteroatoms. The van der Waals surface area contributed by atoms with Crippen LogP contribution in [0.1, 0.15) is 12.5 Å². The molecule has 0 spiro atoms. The van der Waals surface area contributed by atoms with E-state index in [1.54, 1.807) is 0 Å². The largest absolute Gasteiger partial charge is 0.466 e. The van der Waals surface area contributed by atoms with E-state index in [0.717, 1.165) is 4.57 Å². The fourth-order valence-electron chi connectivity index (χ4n) is 3.97. The lowest BCUT2D eigenvalue weighted by atomic mass is 10.1. The molecule has 2 fully saturated rings. The number of aliphatic hydroxyl groups excluding tert-OH is 6. The third-order valence-corrected chi connectivity index (χ3v) is 5.88. The van der Waals surface area contributed by atoms with Crippen molar-refractivity contribution in [2.45, 2.75) is 49.1 Å². The van der Waals surface area contributed by atoms with Gasteiger partial charge in [0, 0.05) is 6.20 Å². The van der Waals surface area contributed by atoms with Crippen LogP contribution in [0.4, 0.5) is 11.8 Å². The molecule has 3 aromatic rings. The van der Waals surface area contributed by atoms with Crippen LogP contribution in [-0.4, -0.2) is 124 Å². The lowest BCUT2D eigenvalue weighted by molar-refractivity contribution is -0.0549. The van der Waals surface area contributed by atoms with Crippen LogP contribution in [-0.2, 0) is 14.0 Å². The zero-order valence-corrected chi connectivity index (χ0v) is 22.1. The van der Waals surface area contributed by atoms with E-state index in [0.29, 0.717) is 0 Å². The van der Waals surface area contributed by atoms with Crippen molar-refractivity contribution in [1.29, 1.82) is 0 Å². The van der Waals surface area contributed by atoms with E-state index in [4.69, 9.17) is 50.4 Å². The van der Waals surface area contributed by atoms with Crippen molar-refractivity contribution in [3.63, 3.8) is 0 Å². The summed E-state index contributed by atoms with van der Waals surface area (Å²) in [4.78, 5) is 58.3. The van der Waals surface area contributed by atoms with Crippen LogP contribution < -0.4 is 22.7 Å². The fourth-order valence-corrected chi connectivity index (χ4v) is 3.97. The number of rotatable bonds is 4. The van der Waals surface area contributed by atoms with Gasteiger partial charge in [-0.05, 0) is 6.07 Å². The maximum atomic E-state index is 11.7. The number of nitrogen functional groups attached to an aromatic ring is 2. The van der Waals surface area contributed by atoms with Gasteiger partial charge in [0.25, 0.3) is 5.56 Å². The predicted octanol–water partition coefficient (Wildman–Crippen LogP) is -6.18. The zero-order valence-electron chi connectivity index (χ0n) is 21.2. The number of nitrogens with one attached hydrogen (secondary N) is 1. The number of anilines is 2. The molecule has 14 N–H and O–H groups in total. The molecular weight excluding hydrogens is 595 g/mol. The van der Waals surface area contributed by atoms with E-state index in [1.807, 2.05) is 0 Å². The molecule has 8 atom stereocenters. The van der Waals surface area contributed by atoms with Gasteiger partial charge in [0.05, 0.1) is 19.5 Å². The van der Waals surface area contributed by atoms with Crippen molar-refractivity contribution >= 4 is 30.8 Å². The van der Waals surface area contributed by atoms with Gasteiger partial charge in [0.15, 0.2) is 23.6 Å². The number of aliphatic hydroxyl groups is 6. The molecule has 0 radical (unpaired) electrons. The third-order valence-electron chi connectivity index (χ3n) is 5.88. The normalized spacial score (nSPS) is 29.1. The summed E-state index contributed by atoms with van der Waals surface area (Å²) in [5, 5.41) is 56.9. The highest BCUT2D eigenvalue weighted by molar-refractivity contribution is 7.45. The average molecular weight is 624 g/mol. The van der Waals surface area contributed by atoms with Crippen LogP contribution in [0.2, 0.25) is 0 Å². The molecular formula is C19H29N8O14P. The van der Waals surface area contributed by atoms with Crippen LogP contribution in [0.5, 0.6) is 0 Å². The van der Waals surface area contributed by atoms with E-state index < -0.39 is 81.4 Å². The molecule has 2 aliphatic rings. The number of hydrogen-bond donors (Lipinski definition) is 12. The van der Waals surface area contributed by atoms with Gasteiger partial charge in [-0.3, -0.25) is 18.9 Å². The number of nitrogens with zero attached hydrogens (tertiary/aromatic N) is 5. The third kappa shape index (κ3) is 7.52. The number of hydrogen-bond acceptors (Lipinski definition) is 16. The monoisotopic (exact) mass is 624 g/mol. The Bertz CT molecular complexity index is 1520. The maximum Gasteiger partial charge on any atom is 0.466 e. The maximum absolute atomic E-state index is 11.7. The molecule has 0 saturated carbocycles. The molecule has 5 heterocycles. The molecule has 0 bridgehead atoms. The molecule has 42 heavy (non-hydrogen) atoms. The fraction of sp³-hybridized carbons (Fsp3) is 0.526. The summed E-state index contributed by atoms with van der Waals surface area (Å²) < 4.78 is 21.7. The Morgan fingerprint density at radius 2 is 1.38 bits per heavy atom. The molecule has 2 saturated heterocycles. The minimum absolute atomic E-state index is 0.0388. The van der Waals surface area contributed by atoms with Crippen LogP contribution in [0.3, 0.4) is 0 Å². The van der Waals surface area contributed by atoms with Gasteiger partial charge in [0.1, 0.15) is 42.4 Å². The number of nitrogens with two attached hydrogens (primary N) is 2. The van der Waals surface area contributed by atoms with E-state index in [-0.39, 0.29) is 22.9 Å². The van der Waals surface area contributed by atoms with Crippen LogP contribution in [0.15, 0.2) is 28.2 Å². The lowest BCUT2D eigenvalue weighted by Crippen LogP contribution is -2.36. The number of fused-ring (bicyclic) bond motifs is 1. The smallest absolute Gasteiger partial charge is 0.394 e. The zero-order chi connectivity index (χ0) is 31.5. The average Bonchev–Trinajstić information content (AvgIpc) is 3.53. The highest BCUT2D eigenvalue weighted by atomic mass is 31.2. The molecule has 22 nitrogen and oxygen atoms in total. The van der Waals surface area contributed by atoms with Crippen molar-refractivity contribution in [3.8, 4) is 0 Å². The summed E-state index contributed by atoms with van der Waals surface area (Å²) in [6, 6.07) is 1.37. The summed E-state index contributed by atoms with van der Waals surface area (Å²) in [5.74, 6) is -0.0472. The number of aromatic nitrogens is 6. The molecule has 0 amide bonds. The minimum Gasteiger partial charge on any atom is -0.394 e. The van der Waals surface area contributed by atoms with E-state index in [2.05, 4.69) is 19.9 Å². The SMILES string of the molecule is Nc1ccn([C@@H]2O[C@H](CO)[C@@H](O)[C@H]2O)c(=O)n1.Nc1nc2c(ncn2[C@@H]2O[C@H](CO)[C@@H](O)[C@H]2O)c(=O)[nH]1.O=P(O)(O)O. The number of imidazole rings is 1. The Labute approximate surface area is 232 Å². The number of phosphoric acid groups is 1. The summed E-state index contributed by atoms with van der Waals surface area (Å²) >= 11 is 0. The van der Waals surface area contributed by atoms with Gasteiger partial charge >= 0.3 is 13.5 Å². The molecule has 0 aliphatic carbocycles. The Kier molecular flexibility index (Phi) is 10.5. The topological polar surface area (TPSA) is 368 Å². The quantitative estimate of drug-likeness (QED) is 0.120. The van der Waals surface area contributed by atoms with E-state index in [1.165, 1.54) is 23.2 Å². The van der Waals surface area contributed by atoms with Gasteiger partial charge < -0.3 is 66.3 Å². The van der Waals surface area contributed by atoms with Crippen molar-refractivity contribution in [3.05, 3.63) is 39.4 Å². The molecule has 2 aliphatic heterocycles. The lowest BCUT2D eigenvalue weighted by Gasteiger charge is -2.16. The van der Waals surface area contributed by atoms with Gasteiger partial charge in [0.2, 0.25) is 5.95 Å². The molecule has 0 unspecified atom stereocenters. The van der Waals surface area contributed by atoms with Crippen LogP contribution >= 0.6 is 7.82 Å². The van der Waals surface area contributed by atoms with E-state index >= 15 is 0 Å². The molecule has 234 valence electrons. The Morgan fingerprint density at radius 3 is 1.83 bits per heavy atom. The first-order valence-electron chi connectivity index (χ1n) is 11.7.